The fourth-order valence-electron chi connectivity index (χ4n) is 1.46. The first-order valence-corrected chi connectivity index (χ1v) is 6.33. The highest BCUT2D eigenvalue weighted by molar-refractivity contribution is 7.98. The van der Waals surface area contributed by atoms with Crippen LogP contribution in [0.5, 0.6) is 0 Å². The van der Waals surface area contributed by atoms with Crippen LogP contribution in [0.1, 0.15) is 12.5 Å². The number of rotatable bonds is 5. The molecular weight excluding hydrogens is 194 g/mol. The maximum Gasteiger partial charge on any atom is 0.0530 e. The van der Waals surface area contributed by atoms with E-state index in [9.17, 15) is 0 Å². The van der Waals surface area contributed by atoms with Crippen molar-refractivity contribution in [1.29, 1.82) is 0 Å². The molecule has 1 aliphatic rings. The molecule has 1 fully saturated rings. The topological polar surface area (TPSA) is 29.9 Å². The first kappa shape index (κ1) is 10.1. The molecule has 4 heteroatoms. The number of thioether (sulfide) groups is 1. The summed E-state index contributed by atoms with van der Waals surface area (Å²) in [6, 6.07) is 0. The lowest BCUT2D eigenvalue weighted by atomic mass is 10.1. The van der Waals surface area contributed by atoms with Gasteiger partial charge >= 0.3 is 0 Å². The monoisotopic (exact) mass is 211 g/mol. The van der Waals surface area contributed by atoms with Crippen LogP contribution < -0.4 is 5.32 Å². The molecule has 0 saturated carbocycles. The summed E-state index contributed by atoms with van der Waals surface area (Å²) in [6.45, 7) is 5.50. The van der Waals surface area contributed by atoms with Gasteiger partial charge in [-0.05, 0) is 37.2 Å². The number of nitrogens with zero attached hydrogens (tertiary/aromatic N) is 2. The number of hydrogen-bond donors (Lipinski definition) is 1. The van der Waals surface area contributed by atoms with E-state index in [0.29, 0.717) is 0 Å². The van der Waals surface area contributed by atoms with E-state index in [4.69, 9.17) is 0 Å². The molecular formula is C10H17N3S. The zero-order valence-corrected chi connectivity index (χ0v) is 9.39. The smallest absolute Gasteiger partial charge is 0.0530 e. The van der Waals surface area contributed by atoms with Gasteiger partial charge in [-0.25, -0.2) is 0 Å². The zero-order valence-electron chi connectivity index (χ0n) is 8.57. The van der Waals surface area contributed by atoms with E-state index in [1.165, 1.54) is 24.4 Å². The second-order valence-corrected chi connectivity index (χ2v) is 4.77. The van der Waals surface area contributed by atoms with E-state index in [1.807, 2.05) is 22.6 Å². The van der Waals surface area contributed by atoms with Crippen molar-refractivity contribution in [1.82, 2.24) is 15.1 Å². The number of aromatic nitrogens is 2. The van der Waals surface area contributed by atoms with Crippen molar-refractivity contribution >= 4 is 11.8 Å². The largest absolute Gasteiger partial charge is 0.316 e. The minimum atomic E-state index is 0.904. The van der Waals surface area contributed by atoms with Crippen LogP contribution >= 0.6 is 11.8 Å². The average molecular weight is 211 g/mol. The molecule has 0 atom stereocenters. The maximum absolute atomic E-state index is 4.26. The molecule has 1 aromatic rings. The van der Waals surface area contributed by atoms with E-state index in [2.05, 4.69) is 23.5 Å². The SMILES string of the molecule is CCn1cc(CSCC2CNC2)cn1. The first-order chi connectivity index (χ1) is 6.88. The molecule has 1 aliphatic heterocycles. The molecule has 2 rings (SSSR count). The molecule has 0 radical (unpaired) electrons. The molecule has 2 heterocycles. The lowest BCUT2D eigenvalue weighted by molar-refractivity contribution is 0.385. The zero-order chi connectivity index (χ0) is 9.80. The molecule has 78 valence electrons. The minimum absolute atomic E-state index is 0.904. The Hall–Kier alpha value is -0.480. The summed E-state index contributed by atoms with van der Waals surface area (Å²) in [5.41, 5.74) is 1.35. The van der Waals surface area contributed by atoms with Gasteiger partial charge in [0.25, 0.3) is 0 Å². The molecule has 0 aromatic carbocycles. The molecule has 0 bridgehead atoms. The fraction of sp³-hybridized carbons (Fsp3) is 0.700. The highest BCUT2D eigenvalue weighted by Crippen LogP contribution is 2.17. The van der Waals surface area contributed by atoms with E-state index in [1.54, 1.807) is 0 Å². The minimum Gasteiger partial charge on any atom is -0.316 e. The summed E-state index contributed by atoms with van der Waals surface area (Å²) >= 11 is 2.02. The quantitative estimate of drug-likeness (QED) is 0.797. The van der Waals surface area contributed by atoms with Gasteiger partial charge < -0.3 is 5.32 Å². The highest BCUT2D eigenvalue weighted by atomic mass is 32.2. The number of aryl methyl sites for hydroxylation is 1. The molecule has 1 N–H and O–H groups in total. The lowest BCUT2D eigenvalue weighted by Crippen LogP contribution is -2.43. The summed E-state index contributed by atoms with van der Waals surface area (Å²) in [6.07, 6.45) is 4.13. The van der Waals surface area contributed by atoms with Crippen LogP contribution in [0.25, 0.3) is 0 Å². The second-order valence-electron chi connectivity index (χ2n) is 3.74. The summed E-state index contributed by atoms with van der Waals surface area (Å²) in [7, 11) is 0. The second kappa shape index (κ2) is 4.84. The Morgan fingerprint density at radius 3 is 3.07 bits per heavy atom. The Kier molecular flexibility index (Phi) is 3.48. The Labute approximate surface area is 89.3 Å². The summed E-state index contributed by atoms with van der Waals surface area (Å²) in [5.74, 6) is 3.29. The fourth-order valence-corrected chi connectivity index (χ4v) is 2.54. The van der Waals surface area contributed by atoms with Crippen molar-refractivity contribution < 1.29 is 0 Å². The summed E-state index contributed by atoms with van der Waals surface area (Å²) in [4.78, 5) is 0. The van der Waals surface area contributed by atoms with Gasteiger partial charge in [0, 0.05) is 18.5 Å². The van der Waals surface area contributed by atoms with Crippen molar-refractivity contribution in [2.24, 2.45) is 5.92 Å². The predicted molar refractivity (Wildman–Crippen MR) is 60.4 cm³/mol. The van der Waals surface area contributed by atoms with Crippen LogP contribution in [0.3, 0.4) is 0 Å². The summed E-state index contributed by atoms with van der Waals surface area (Å²) < 4.78 is 1.99. The Morgan fingerprint density at radius 1 is 1.64 bits per heavy atom. The highest BCUT2D eigenvalue weighted by Gasteiger charge is 2.15. The van der Waals surface area contributed by atoms with Gasteiger partial charge in [0.2, 0.25) is 0 Å². The van der Waals surface area contributed by atoms with Crippen LogP contribution in [-0.2, 0) is 12.3 Å². The third-order valence-electron chi connectivity index (χ3n) is 2.50. The molecule has 1 saturated heterocycles. The van der Waals surface area contributed by atoms with Gasteiger partial charge in [-0.15, -0.1) is 0 Å². The van der Waals surface area contributed by atoms with Crippen molar-refractivity contribution in [2.45, 2.75) is 19.2 Å². The van der Waals surface area contributed by atoms with E-state index >= 15 is 0 Å². The number of hydrogen-bond acceptors (Lipinski definition) is 3. The molecule has 0 unspecified atom stereocenters. The Morgan fingerprint density at radius 2 is 2.50 bits per heavy atom. The summed E-state index contributed by atoms with van der Waals surface area (Å²) in [5, 5.41) is 7.55. The molecule has 1 aromatic heterocycles. The molecule has 0 aliphatic carbocycles. The van der Waals surface area contributed by atoms with Crippen molar-refractivity contribution in [3.63, 3.8) is 0 Å². The van der Waals surface area contributed by atoms with Gasteiger partial charge in [-0.1, -0.05) is 0 Å². The van der Waals surface area contributed by atoms with E-state index in [0.717, 1.165) is 18.2 Å². The lowest BCUT2D eigenvalue weighted by Gasteiger charge is -2.26. The average Bonchev–Trinajstić information content (AvgIpc) is 2.57. The van der Waals surface area contributed by atoms with Crippen molar-refractivity contribution in [2.75, 3.05) is 18.8 Å². The first-order valence-electron chi connectivity index (χ1n) is 5.18. The van der Waals surface area contributed by atoms with E-state index in [-0.39, 0.29) is 0 Å². The Balaban J connectivity index is 1.68. The maximum atomic E-state index is 4.26. The van der Waals surface area contributed by atoms with Crippen LogP contribution in [0.15, 0.2) is 12.4 Å². The van der Waals surface area contributed by atoms with Gasteiger partial charge in [-0.2, -0.15) is 16.9 Å². The predicted octanol–water partition coefficient (Wildman–Crippen LogP) is 1.36. The number of nitrogens with one attached hydrogen (secondary N) is 1. The molecule has 3 nitrogen and oxygen atoms in total. The van der Waals surface area contributed by atoms with Crippen LogP contribution in [0.4, 0.5) is 0 Å². The van der Waals surface area contributed by atoms with Gasteiger partial charge in [0.05, 0.1) is 6.20 Å². The van der Waals surface area contributed by atoms with Gasteiger partial charge in [-0.3, -0.25) is 4.68 Å². The van der Waals surface area contributed by atoms with Crippen LogP contribution in [0.2, 0.25) is 0 Å². The molecule has 0 amide bonds. The van der Waals surface area contributed by atoms with Crippen molar-refractivity contribution in [3.8, 4) is 0 Å². The van der Waals surface area contributed by atoms with Gasteiger partial charge in [0.15, 0.2) is 0 Å². The normalized spacial score (nSPS) is 16.9. The Bertz CT molecular complexity index is 281. The van der Waals surface area contributed by atoms with Crippen molar-refractivity contribution in [3.05, 3.63) is 18.0 Å². The molecule has 0 spiro atoms. The van der Waals surface area contributed by atoms with Gasteiger partial charge in [0.1, 0.15) is 0 Å². The molecule has 14 heavy (non-hydrogen) atoms. The third-order valence-corrected chi connectivity index (χ3v) is 3.74. The van der Waals surface area contributed by atoms with Crippen LogP contribution in [-0.4, -0.2) is 28.6 Å². The van der Waals surface area contributed by atoms with E-state index < -0.39 is 0 Å². The third kappa shape index (κ3) is 2.51. The van der Waals surface area contributed by atoms with Crippen LogP contribution in [0, 0.1) is 5.92 Å². The standard InChI is InChI=1S/C10H17N3S/c1-2-13-6-10(5-12-13)8-14-7-9-3-11-4-9/h5-6,9,11H,2-4,7-8H2,1H3.